The van der Waals surface area contributed by atoms with Crippen molar-refractivity contribution in [3.8, 4) is 5.75 Å². The normalized spacial score (nSPS) is 11.6. The predicted octanol–water partition coefficient (Wildman–Crippen LogP) is 3.80. The molecule has 1 heterocycles. The highest BCUT2D eigenvalue weighted by Gasteiger charge is 2.20. The number of amides is 1. The van der Waals surface area contributed by atoms with Crippen molar-refractivity contribution in [1.82, 2.24) is 14.9 Å². The molecule has 1 atom stereocenters. The van der Waals surface area contributed by atoms with Crippen molar-refractivity contribution in [3.63, 3.8) is 0 Å². The first-order valence-corrected chi connectivity index (χ1v) is 10.1. The number of carbonyl (C=O) groups is 2. The van der Waals surface area contributed by atoms with Crippen LogP contribution in [0.2, 0.25) is 0 Å². The summed E-state index contributed by atoms with van der Waals surface area (Å²) in [4.78, 5) is 28.8. The van der Waals surface area contributed by atoms with E-state index >= 15 is 0 Å². The number of benzene rings is 2. The monoisotopic (exact) mass is 471 g/mol. The number of aromatic nitrogens is 2. The van der Waals surface area contributed by atoms with Crippen LogP contribution in [-0.2, 0) is 23.2 Å². The van der Waals surface area contributed by atoms with Gasteiger partial charge in [-0.25, -0.2) is 4.98 Å². The molecule has 3 aromatic rings. The van der Waals surface area contributed by atoms with E-state index in [0.29, 0.717) is 17.9 Å². The number of rotatable bonds is 8. The summed E-state index contributed by atoms with van der Waals surface area (Å²) in [7, 11) is 3.22. The van der Waals surface area contributed by atoms with Gasteiger partial charge in [-0.05, 0) is 42.0 Å². The molecule has 0 fully saturated rings. The zero-order chi connectivity index (χ0) is 21.5. The lowest BCUT2D eigenvalue weighted by Crippen LogP contribution is -2.30. The molecule has 0 radical (unpaired) electrons. The third-order valence-electron chi connectivity index (χ3n) is 4.58. The Morgan fingerprint density at radius 1 is 1.13 bits per heavy atom. The molecule has 0 aliphatic carbocycles. The molecule has 0 saturated heterocycles. The Labute approximate surface area is 183 Å². The number of halogens is 1. The maximum atomic E-state index is 12.7. The second-order valence-electron chi connectivity index (χ2n) is 6.63. The van der Waals surface area contributed by atoms with Gasteiger partial charge in [0.05, 0.1) is 19.6 Å². The molecule has 0 saturated carbocycles. The van der Waals surface area contributed by atoms with Gasteiger partial charge in [0.1, 0.15) is 18.2 Å². The molecule has 156 valence electrons. The van der Waals surface area contributed by atoms with Crippen LogP contribution in [0, 0.1) is 0 Å². The van der Waals surface area contributed by atoms with Crippen molar-refractivity contribution in [2.45, 2.75) is 19.1 Å². The maximum absolute atomic E-state index is 12.7. The number of carbonyl (C=O) groups excluding carboxylic acids is 2. The van der Waals surface area contributed by atoms with Gasteiger partial charge >= 0.3 is 5.97 Å². The fourth-order valence-electron chi connectivity index (χ4n) is 2.82. The standard InChI is InChI=1S/C22H22BrN3O4/c1-26-12-11-24-20(26)14-30-18-9-5-16(6-10-18)22(28)25-19(13-21(27)29-2)15-3-7-17(23)8-4-15/h3-12,19H,13-14H2,1-2H3,(H,25,28). The van der Waals surface area contributed by atoms with Gasteiger partial charge in [-0.2, -0.15) is 0 Å². The number of esters is 1. The van der Waals surface area contributed by atoms with Crippen molar-refractivity contribution >= 4 is 27.8 Å². The largest absolute Gasteiger partial charge is 0.486 e. The van der Waals surface area contributed by atoms with Crippen molar-refractivity contribution in [3.05, 3.63) is 82.3 Å². The topological polar surface area (TPSA) is 82.4 Å². The van der Waals surface area contributed by atoms with Gasteiger partial charge < -0.3 is 19.4 Å². The molecule has 8 heteroatoms. The molecule has 30 heavy (non-hydrogen) atoms. The van der Waals surface area contributed by atoms with Crippen LogP contribution in [0.3, 0.4) is 0 Å². The number of imidazole rings is 1. The van der Waals surface area contributed by atoms with Gasteiger partial charge in [0.25, 0.3) is 5.91 Å². The summed E-state index contributed by atoms with van der Waals surface area (Å²) in [6.07, 6.45) is 3.60. The van der Waals surface area contributed by atoms with E-state index < -0.39 is 12.0 Å². The Kier molecular flexibility index (Phi) is 7.24. The predicted molar refractivity (Wildman–Crippen MR) is 115 cm³/mol. The van der Waals surface area contributed by atoms with Gasteiger partial charge in [-0.15, -0.1) is 0 Å². The third kappa shape index (κ3) is 5.70. The number of methoxy groups -OCH3 is 1. The zero-order valence-corrected chi connectivity index (χ0v) is 18.3. The van der Waals surface area contributed by atoms with E-state index in [0.717, 1.165) is 15.9 Å². The minimum absolute atomic E-state index is 0.0364. The van der Waals surface area contributed by atoms with Crippen LogP contribution >= 0.6 is 15.9 Å². The lowest BCUT2D eigenvalue weighted by Gasteiger charge is -2.18. The van der Waals surface area contributed by atoms with Gasteiger partial charge in [0.15, 0.2) is 0 Å². The van der Waals surface area contributed by atoms with E-state index in [-0.39, 0.29) is 12.3 Å². The molecule has 0 bridgehead atoms. The highest BCUT2D eigenvalue weighted by molar-refractivity contribution is 9.10. The molecule has 1 unspecified atom stereocenters. The first kappa shape index (κ1) is 21.6. The van der Waals surface area contributed by atoms with E-state index in [9.17, 15) is 9.59 Å². The number of hydrogen-bond acceptors (Lipinski definition) is 5. The Morgan fingerprint density at radius 2 is 1.83 bits per heavy atom. The molecular weight excluding hydrogens is 450 g/mol. The van der Waals surface area contributed by atoms with E-state index in [1.165, 1.54) is 7.11 Å². The fraction of sp³-hybridized carbons (Fsp3) is 0.227. The molecule has 0 spiro atoms. The van der Waals surface area contributed by atoms with Gasteiger partial charge in [0.2, 0.25) is 0 Å². The van der Waals surface area contributed by atoms with E-state index in [1.54, 1.807) is 30.5 Å². The Balaban J connectivity index is 1.66. The lowest BCUT2D eigenvalue weighted by molar-refractivity contribution is -0.141. The first-order chi connectivity index (χ1) is 14.5. The van der Waals surface area contributed by atoms with Crippen LogP contribution in [0.25, 0.3) is 0 Å². The second-order valence-corrected chi connectivity index (χ2v) is 7.54. The van der Waals surface area contributed by atoms with Crippen LogP contribution in [0.15, 0.2) is 65.4 Å². The molecule has 0 aliphatic heterocycles. The average Bonchev–Trinajstić information content (AvgIpc) is 3.17. The van der Waals surface area contributed by atoms with Crippen LogP contribution < -0.4 is 10.1 Å². The summed E-state index contributed by atoms with van der Waals surface area (Å²) in [5.74, 6) is 0.745. The average molecular weight is 472 g/mol. The van der Waals surface area contributed by atoms with Gasteiger partial charge in [-0.1, -0.05) is 28.1 Å². The van der Waals surface area contributed by atoms with Crippen molar-refractivity contribution < 1.29 is 19.1 Å². The van der Waals surface area contributed by atoms with E-state index in [4.69, 9.17) is 9.47 Å². The van der Waals surface area contributed by atoms with Crippen molar-refractivity contribution in [1.29, 1.82) is 0 Å². The maximum Gasteiger partial charge on any atom is 0.307 e. The van der Waals surface area contributed by atoms with Crippen molar-refractivity contribution in [2.24, 2.45) is 7.05 Å². The summed E-state index contributed by atoms with van der Waals surface area (Å²) in [5, 5.41) is 2.91. The highest BCUT2D eigenvalue weighted by atomic mass is 79.9. The highest BCUT2D eigenvalue weighted by Crippen LogP contribution is 2.21. The van der Waals surface area contributed by atoms with Crippen LogP contribution in [0.4, 0.5) is 0 Å². The molecule has 7 nitrogen and oxygen atoms in total. The molecule has 1 amide bonds. The summed E-state index contributed by atoms with van der Waals surface area (Å²) >= 11 is 3.39. The Bertz CT molecular complexity index is 1000. The van der Waals surface area contributed by atoms with Crippen LogP contribution in [0.1, 0.15) is 34.2 Å². The smallest absolute Gasteiger partial charge is 0.307 e. The SMILES string of the molecule is COC(=O)CC(NC(=O)c1ccc(OCc2nccn2C)cc1)c1ccc(Br)cc1. The van der Waals surface area contributed by atoms with E-state index in [1.807, 2.05) is 42.1 Å². The van der Waals surface area contributed by atoms with Gasteiger partial charge in [-0.3, -0.25) is 9.59 Å². The number of aryl methyl sites for hydroxylation is 1. The zero-order valence-electron chi connectivity index (χ0n) is 16.7. The van der Waals surface area contributed by atoms with Gasteiger partial charge in [0, 0.05) is 29.5 Å². The lowest BCUT2D eigenvalue weighted by atomic mass is 10.0. The van der Waals surface area contributed by atoms with Crippen LogP contribution in [0.5, 0.6) is 5.75 Å². The third-order valence-corrected chi connectivity index (χ3v) is 5.11. The molecule has 0 aliphatic rings. The quantitative estimate of drug-likeness (QED) is 0.505. The number of hydrogen-bond donors (Lipinski definition) is 1. The number of ether oxygens (including phenoxy) is 2. The summed E-state index contributed by atoms with van der Waals surface area (Å²) in [6.45, 7) is 0.333. The molecule has 1 aromatic heterocycles. The van der Waals surface area contributed by atoms with E-state index in [2.05, 4.69) is 26.2 Å². The summed E-state index contributed by atoms with van der Waals surface area (Å²) in [5.41, 5.74) is 1.28. The minimum atomic E-state index is -0.502. The summed E-state index contributed by atoms with van der Waals surface area (Å²) in [6, 6.07) is 13.7. The van der Waals surface area contributed by atoms with Crippen LogP contribution in [-0.4, -0.2) is 28.5 Å². The molecular formula is C22H22BrN3O4. The first-order valence-electron chi connectivity index (χ1n) is 9.28. The van der Waals surface area contributed by atoms with Crippen molar-refractivity contribution in [2.75, 3.05) is 7.11 Å². The molecule has 2 aromatic carbocycles. The minimum Gasteiger partial charge on any atom is -0.486 e. The Morgan fingerprint density at radius 3 is 2.43 bits per heavy atom. The molecule has 3 rings (SSSR count). The fourth-order valence-corrected chi connectivity index (χ4v) is 3.09. The molecule has 1 N–H and O–H groups in total. The number of nitrogens with one attached hydrogen (secondary N) is 1. The number of nitrogens with zero attached hydrogens (tertiary/aromatic N) is 2. The summed E-state index contributed by atoms with van der Waals surface area (Å²) < 4.78 is 13.3. The Hall–Kier alpha value is -3.13. The second kappa shape index (κ2) is 10.1.